The van der Waals surface area contributed by atoms with Crippen LogP contribution in [0.3, 0.4) is 0 Å². The fraction of sp³-hybridized carbons (Fsp3) is 0.716. The Hall–Kier alpha value is -3.67. The van der Waals surface area contributed by atoms with Crippen LogP contribution in [0.2, 0.25) is 0 Å². The molecule has 0 aliphatic heterocycles. The van der Waals surface area contributed by atoms with E-state index < -0.39 is 6.10 Å². The molecule has 0 aromatic carbocycles. The van der Waals surface area contributed by atoms with E-state index in [1.54, 1.807) is 0 Å². The molecular formula is C67H114O6. The Bertz CT molecular complexity index is 1440. The zero-order valence-corrected chi connectivity index (χ0v) is 47.9. The second-order valence-electron chi connectivity index (χ2n) is 20.2. The van der Waals surface area contributed by atoms with Crippen LogP contribution in [-0.2, 0) is 28.6 Å². The van der Waals surface area contributed by atoms with Gasteiger partial charge in [-0.2, -0.15) is 0 Å². The fourth-order valence-electron chi connectivity index (χ4n) is 8.44. The van der Waals surface area contributed by atoms with Crippen LogP contribution < -0.4 is 0 Å². The van der Waals surface area contributed by atoms with Crippen LogP contribution in [0.15, 0.2) is 97.2 Å². The first kappa shape index (κ1) is 69.3. The predicted molar refractivity (Wildman–Crippen MR) is 316 cm³/mol. The molecule has 0 rings (SSSR count). The Morgan fingerprint density at radius 2 is 0.548 bits per heavy atom. The Kier molecular flexibility index (Phi) is 57.8. The molecule has 0 spiro atoms. The number of rotatable bonds is 55. The summed E-state index contributed by atoms with van der Waals surface area (Å²) in [4.78, 5) is 38.3. The monoisotopic (exact) mass is 1010 g/mol. The molecule has 0 aromatic rings. The molecule has 0 amide bonds. The van der Waals surface area contributed by atoms with Gasteiger partial charge in [0, 0.05) is 19.3 Å². The molecule has 1 atom stereocenters. The molecule has 0 N–H and O–H groups in total. The van der Waals surface area contributed by atoms with Crippen molar-refractivity contribution >= 4 is 17.9 Å². The third-order valence-corrected chi connectivity index (χ3v) is 13.0. The lowest BCUT2D eigenvalue weighted by molar-refractivity contribution is -0.167. The fourth-order valence-corrected chi connectivity index (χ4v) is 8.44. The largest absolute Gasteiger partial charge is 0.462 e. The van der Waals surface area contributed by atoms with Gasteiger partial charge in [-0.3, -0.25) is 14.4 Å². The molecule has 0 unspecified atom stereocenters. The van der Waals surface area contributed by atoms with Crippen LogP contribution in [0.4, 0.5) is 0 Å². The molecule has 6 nitrogen and oxygen atoms in total. The van der Waals surface area contributed by atoms with E-state index in [4.69, 9.17) is 14.2 Å². The lowest BCUT2D eigenvalue weighted by atomic mass is 10.1. The van der Waals surface area contributed by atoms with Gasteiger partial charge >= 0.3 is 17.9 Å². The molecular weight excluding hydrogens is 901 g/mol. The third-order valence-electron chi connectivity index (χ3n) is 13.0. The van der Waals surface area contributed by atoms with Crippen molar-refractivity contribution in [1.82, 2.24) is 0 Å². The van der Waals surface area contributed by atoms with Crippen molar-refractivity contribution in [1.29, 1.82) is 0 Å². The van der Waals surface area contributed by atoms with Crippen LogP contribution in [0.5, 0.6) is 0 Å². The topological polar surface area (TPSA) is 78.9 Å². The van der Waals surface area contributed by atoms with Crippen LogP contribution >= 0.6 is 0 Å². The van der Waals surface area contributed by atoms with Gasteiger partial charge in [-0.1, -0.05) is 253 Å². The number of unbranched alkanes of at least 4 members (excludes halogenated alkanes) is 28. The van der Waals surface area contributed by atoms with Crippen molar-refractivity contribution < 1.29 is 28.6 Å². The first-order chi connectivity index (χ1) is 36.0. The second kappa shape index (κ2) is 60.9. The molecule has 73 heavy (non-hydrogen) atoms. The van der Waals surface area contributed by atoms with Crippen molar-refractivity contribution in [3.8, 4) is 0 Å². The van der Waals surface area contributed by atoms with Crippen molar-refractivity contribution in [3.63, 3.8) is 0 Å². The van der Waals surface area contributed by atoms with E-state index in [1.807, 2.05) is 0 Å². The van der Waals surface area contributed by atoms with Gasteiger partial charge in [-0.15, -0.1) is 0 Å². The summed E-state index contributed by atoms with van der Waals surface area (Å²) in [7, 11) is 0. The smallest absolute Gasteiger partial charge is 0.306 e. The Balaban J connectivity index is 4.46. The zero-order valence-electron chi connectivity index (χ0n) is 47.9. The third kappa shape index (κ3) is 59.1. The standard InChI is InChI=1S/C67H114O6/c1-4-7-10-13-16-19-22-25-28-31-33-36-39-42-45-48-51-54-57-60-66(69)72-63-64(62-71-65(68)59-56-53-50-47-44-41-38-35-30-27-24-21-18-15-12-9-6-3)73-67(70)61-58-55-52-49-46-43-40-37-34-32-29-26-23-20-17-14-11-8-5-2/h9,12,17-18,20-21,25-30,38,41,47,50,64H,4-8,10-11,13-16,19,22-24,31-37,39-40,42-46,48-49,51-63H2,1-3H3/b12-9-,20-17-,21-18-,28-25-,29-26-,30-27-,41-38-,50-47-/t64-/m1/s1. The first-order valence-electron chi connectivity index (χ1n) is 30.7. The van der Waals surface area contributed by atoms with Gasteiger partial charge in [0.1, 0.15) is 13.2 Å². The number of allylic oxidation sites excluding steroid dienone is 16. The molecule has 0 aliphatic carbocycles. The van der Waals surface area contributed by atoms with Gasteiger partial charge in [0.05, 0.1) is 0 Å². The molecule has 0 saturated carbocycles. The summed E-state index contributed by atoms with van der Waals surface area (Å²) in [5.74, 6) is -0.957. The lowest BCUT2D eigenvalue weighted by Crippen LogP contribution is -2.30. The van der Waals surface area contributed by atoms with Crippen molar-refractivity contribution in [3.05, 3.63) is 97.2 Å². The average Bonchev–Trinajstić information content (AvgIpc) is 3.39. The Labute approximate surface area is 451 Å². The van der Waals surface area contributed by atoms with Crippen molar-refractivity contribution in [2.75, 3.05) is 13.2 Å². The summed E-state index contributed by atoms with van der Waals surface area (Å²) in [5.41, 5.74) is 0. The normalized spacial score (nSPS) is 12.8. The van der Waals surface area contributed by atoms with Crippen molar-refractivity contribution in [2.24, 2.45) is 0 Å². The molecule has 0 aliphatic rings. The molecule has 0 saturated heterocycles. The first-order valence-corrected chi connectivity index (χ1v) is 30.7. The van der Waals surface area contributed by atoms with Gasteiger partial charge in [0.15, 0.2) is 6.10 Å². The number of hydrogen-bond acceptors (Lipinski definition) is 6. The highest BCUT2D eigenvalue weighted by Gasteiger charge is 2.19. The highest BCUT2D eigenvalue weighted by atomic mass is 16.6. The summed E-state index contributed by atoms with van der Waals surface area (Å²) < 4.78 is 16.9. The van der Waals surface area contributed by atoms with Crippen molar-refractivity contribution in [2.45, 2.75) is 297 Å². The van der Waals surface area contributed by atoms with Crippen LogP contribution in [0.25, 0.3) is 0 Å². The molecule has 418 valence electrons. The van der Waals surface area contributed by atoms with E-state index in [0.29, 0.717) is 19.3 Å². The minimum Gasteiger partial charge on any atom is -0.462 e. The molecule has 6 heteroatoms. The Morgan fingerprint density at radius 1 is 0.288 bits per heavy atom. The van der Waals surface area contributed by atoms with E-state index >= 15 is 0 Å². The van der Waals surface area contributed by atoms with Crippen LogP contribution in [-0.4, -0.2) is 37.2 Å². The molecule has 0 heterocycles. The highest BCUT2D eigenvalue weighted by molar-refractivity contribution is 5.71. The molecule has 0 bridgehead atoms. The van der Waals surface area contributed by atoms with E-state index in [0.717, 1.165) is 83.5 Å². The summed E-state index contributed by atoms with van der Waals surface area (Å²) in [6.07, 6.45) is 81.2. The van der Waals surface area contributed by atoms with E-state index in [1.165, 1.54) is 161 Å². The van der Waals surface area contributed by atoms with Gasteiger partial charge in [0.25, 0.3) is 0 Å². The van der Waals surface area contributed by atoms with Gasteiger partial charge < -0.3 is 14.2 Å². The van der Waals surface area contributed by atoms with Gasteiger partial charge in [0.2, 0.25) is 0 Å². The average molecular weight is 1020 g/mol. The van der Waals surface area contributed by atoms with Gasteiger partial charge in [-0.05, 0) is 116 Å². The maximum Gasteiger partial charge on any atom is 0.306 e. The summed E-state index contributed by atoms with van der Waals surface area (Å²) in [5, 5.41) is 0. The number of carbonyl (C=O) groups is 3. The maximum absolute atomic E-state index is 12.9. The van der Waals surface area contributed by atoms with Crippen LogP contribution in [0, 0.1) is 0 Å². The zero-order chi connectivity index (χ0) is 52.9. The minimum absolute atomic E-state index is 0.0976. The lowest BCUT2D eigenvalue weighted by Gasteiger charge is -2.18. The maximum atomic E-state index is 12.9. The molecule has 0 radical (unpaired) electrons. The second-order valence-corrected chi connectivity index (χ2v) is 20.2. The minimum atomic E-state index is -0.805. The number of carbonyl (C=O) groups excluding carboxylic acids is 3. The summed E-state index contributed by atoms with van der Waals surface area (Å²) in [6, 6.07) is 0. The van der Waals surface area contributed by atoms with E-state index in [2.05, 4.69) is 118 Å². The van der Waals surface area contributed by atoms with Crippen LogP contribution in [0.1, 0.15) is 290 Å². The number of ether oxygens (including phenoxy) is 3. The quantitative estimate of drug-likeness (QED) is 0.0261. The van der Waals surface area contributed by atoms with Gasteiger partial charge in [-0.25, -0.2) is 0 Å². The predicted octanol–water partition coefficient (Wildman–Crippen LogP) is 20.9. The number of hydrogen-bond donors (Lipinski definition) is 0. The number of esters is 3. The summed E-state index contributed by atoms with van der Waals surface area (Å²) in [6.45, 7) is 6.47. The van der Waals surface area contributed by atoms with E-state index in [9.17, 15) is 14.4 Å². The SMILES string of the molecule is CC/C=C\C/C=C\C/C=C\C/C=C\C/C=C\CCCC(=O)OC[C@H](COC(=O)CCCCCCCCCCC/C=C\CCCCCCCC)OC(=O)CCCCCCCCCCC/C=C\C/C=C\CCCCC. The van der Waals surface area contributed by atoms with E-state index in [-0.39, 0.29) is 37.5 Å². The summed E-state index contributed by atoms with van der Waals surface area (Å²) >= 11 is 0. The molecule has 0 aromatic heterocycles. The highest BCUT2D eigenvalue weighted by Crippen LogP contribution is 2.15. The molecule has 0 fully saturated rings. The Morgan fingerprint density at radius 3 is 0.932 bits per heavy atom.